The number of hydrogen-bond acceptors (Lipinski definition) is 4. The summed E-state index contributed by atoms with van der Waals surface area (Å²) in [6.45, 7) is 1.77. The number of nitrogens with two attached hydrogens (primary N) is 2. The van der Waals surface area contributed by atoms with Crippen LogP contribution in [0.25, 0.3) is 10.9 Å². The average molecular weight is 311 g/mol. The minimum absolute atomic E-state index is 0.0889. The predicted octanol–water partition coefficient (Wildman–Crippen LogP) is 0.913. The fraction of sp³-hybridized carbons (Fsp3) is 0.353. The third-order valence-electron chi connectivity index (χ3n) is 4.10. The molecule has 120 valence electrons. The summed E-state index contributed by atoms with van der Waals surface area (Å²) < 4.78 is 0. The highest BCUT2D eigenvalue weighted by molar-refractivity contribution is 6.07. The molecule has 2 aromatic rings. The van der Waals surface area contributed by atoms with Crippen LogP contribution < -0.4 is 16.8 Å². The maximum atomic E-state index is 11.9. The van der Waals surface area contributed by atoms with Crippen LogP contribution in [-0.2, 0) is 4.79 Å². The second-order valence-electron chi connectivity index (χ2n) is 5.82. The number of amidine groups is 1. The molecule has 1 aliphatic heterocycles. The number of aliphatic imine (C=N–C) groups is 1. The molecule has 1 amide bonds. The first-order chi connectivity index (χ1) is 11.1. The zero-order chi connectivity index (χ0) is 16.2. The topological polar surface area (TPSA) is 106 Å². The van der Waals surface area contributed by atoms with Gasteiger partial charge >= 0.3 is 0 Å². The summed E-state index contributed by atoms with van der Waals surface area (Å²) in [6, 6.07) is 11.5. The summed E-state index contributed by atoms with van der Waals surface area (Å²) in [5, 5.41) is 4.28. The Morgan fingerprint density at radius 1 is 1.26 bits per heavy atom. The second-order valence-corrected chi connectivity index (χ2v) is 5.82. The number of rotatable bonds is 4. The van der Waals surface area contributed by atoms with E-state index in [1.54, 1.807) is 6.07 Å². The minimum Gasteiger partial charge on any atom is -0.386 e. The predicted molar refractivity (Wildman–Crippen MR) is 91.2 cm³/mol. The normalized spacial score (nSPS) is 20.3. The van der Waals surface area contributed by atoms with Crippen LogP contribution in [-0.4, -0.2) is 35.9 Å². The molecule has 1 aliphatic rings. The van der Waals surface area contributed by atoms with Crippen LogP contribution in [0.3, 0.4) is 0 Å². The number of amides is 1. The zero-order valence-corrected chi connectivity index (χ0v) is 12.9. The van der Waals surface area contributed by atoms with E-state index in [0.717, 1.165) is 36.8 Å². The first kappa shape index (κ1) is 15.4. The maximum absolute atomic E-state index is 11.9. The molecule has 5 N–H and O–H groups in total. The first-order valence-corrected chi connectivity index (χ1v) is 7.84. The van der Waals surface area contributed by atoms with Gasteiger partial charge < -0.3 is 16.8 Å². The van der Waals surface area contributed by atoms with Crippen LogP contribution in [0.4, 0.5) is 0 Å². The number of nitrogens with one attached hydrogen (secondary N) is 1. The van der Waals surface area contributed by atoms with Crippen molar-refractivity contribution in [1.29, 1.82) is 0 Å². The van der Waals surface area contributed by atoms with Gasteiger partial charge in [0, 0.05) is 11.9 Å². The minimum atomic E-state index is -0.790. The van der Waals surface area contributed by atoms with Gasteiger partial charge in [-0.15, -0.1) is 0 Å². The molecule has 2 unspecified atom stereocenters. The van der Waals surface area contributed by atoms with Crippen molar-refractivity contribution in [3.63, 3.8) is 0 Å². The number of primary amides is 1. The van der Waals surface area contributed by atoms with E-state index in [1.807, 2.05) is 30.3 Å². The van der Waals surface area contributed by atoms with Crippen LogP contribution in [0.1, 0.15) is 24.5 Å². The van der Waals surface area contributed by atoms with E-state index >= 15 is 0 Å². The Labute approximate surface area is 135 Å². The smallest absolute Gasteiger partial charge is 0.234 e. The number of benzene rings is 1. The highest BCUT2D eigenvalue weighted by Gasteiger charge is 2.25. The Hall–Kier alpha value is -2.47. The lowest BCUT2D eigenvalue weighted by atomic mass is 10.0. The van der Waals surface area contributed by atoms with Crippen LogP contribution in [0, 0.1) is 0 Å². The molecule has 0 spiro atoms. The van der Waals surface area contributed by atoms with Gasteiger partial charge in [0.1, 0.15) is 11.8 Å². The van der Waals surface area contributed by atoms with Crippen molar-refractivity contribution >= 4 is 22.6 Å². The number of nitrogens with zero attached hydrogens (tertiary/aromatic N) is 2. The summed E-state index contributed by atoms with van der Waals surface area (Å²) in [4.78, 5) is 21.0. The van der Waals surface area contributed by atoms with Crippen LogP contribution >= 0.6 is 0 Å². The zero-order valence-electron chi connectivity index (χ0n) is 12.9. The summed E-state index contributed by atoms with van der Waals surface area (Å²) in [6.07, 6.45) is 2.02. The quantitative estimate of drug-likeness (QED) is 0.576. The Balaban J connectivity index is 1.93. The molecule has 6 nitrogen and oxygen atoms in total. The van der Waals surface area contributed by atoms with Crippen LogP contribution in [0.15, 0.2) is 41.4 Å². The number of carbonyl (C=O) groups is 1. The Morgan fingerprint density at radius 2 is 2.09 bits per heavy atom. The van der Waals surface area contributed by atoms with Gasteiger partial charge in [0.05, 0.1) is 17.3 Å². The highest BCUT2D eigenvalue weighted by Crippen LogP contribution is 2.19. The number of fused-ring (bicyclic) bond motifs is 1. The lowest BCUT2D eigenvalue weighted by Crippen LogP contribution is -2.38. The van der Waals surface area contributed by atoms with Gasteiger partial charge in [-0.2, -0.15) is 0 Å². The van der Waals surface area contributed by atoms with Crippen molar-refractivity contribution in [2.75, 3.05) is 13.1 Å². The van der Waals surface area contributed by atoms with E-state index in [1.165, 1.54) is 0 Å². The molecule has 6 heteroatoms. The number of hydrogen-bond donors (Lipinski definition) is 3. The SMILES string of the molecule is NC(=O)C(C(N)=NC1CCCNC1)c1ccc2ccccc2n1. The third kappa shape index (κ3) is 3.48. The molecule has 0 bridgehead atoms. The van der Waals surface area contributed by atoms with Crippen molar-refractivity contribution < 1.29 is 4.79 Å². The molecule has 2 heterocycles. The van der Waals surface area contributed by atoms with Crippen LogP contribution in [0.5, 0.6) is 0 Å². The van der Waals surface area contributed by atoms with Gasteiger partial charge in [0.25, 0.3) is 0 Å². The first-order valence-electron chi connectivity index (χ1n) is 7.84. The van der Waals surface area contributed by atoms with Crippen molar-refractivity contribution in [2.45, 2.75) is 24.8 Å². The van der Waals surface area contributed by atoms with E-state index in [9.17, 15) is 4.79 Å². The lowest BCUT2D eigenvalue weighted by molar-refractivity contribution is -0.118. The van der Waals surface area contributed by atoms with E-state index < -0.39 is 11.8 Å². The van der Waals surface area contributed by atoms with E-state index in [4.69, 9.17) is 11.5 Å². The number of piperidine rings is 1. The fourth-order valence-corrected chi connectivity index (χ4v) is 2.91. The van der Waals surface area contributed by atoms with Crippen molar-refractivity contribution in [2.24, 2.45) is 16.5 Å². The number of carbonyl (C=O) groups excluding carboxylic acids is 1. The largest absolute Gasteiger partial charge is 0.386 e. The summed E-state index contributed by atoms with van der Waals surface area (Å²) in [5.74, 6) is -1.08. The maximum Gasteiger partial charge on any atom is 0.234 e. The number of pyridine rings is 1. The average Bonchev–Trinajstić information content (AvgIpc) is 2.55. The monoisotopic (exact) mass is 311 g/mol. The molecule has 1 aromatic carbocycles. The lowest BCUT2D eigenvalue weighted by Gasteiger charge is -2.21. The van der Waals surface area contributed by atoms with Crippen molar-refractivity contribution in [3.8, 4) is 0 Å². The van der Waals surface area contributed by atoms with Crippen molar-refractivity contribution in [1.82, 2.24) is 10.3 Å². The molecule has 0 aliphatic carbocycles. The molecule has 23 heavy (non-hydrogen) atoms. The highest BCUT2D eigenvalue weighted by atomic mass is 16.1. The molecule has 2 atom stereocenters. The second kappa shape index (κ2) is 6.75. The van der Waals surface area contributed by atoms with Gasteiger partial charge in [-0.25, -0.2) is 0 Å². The summed E-state index contributed by atoms with van der Waals surface area (Å²) >= 11 is 0. The van der Waals surface area contributed by atoms with Crippen LogP contribution in [0.2, 0.25) is 0 Å². The molecule has 1 aromatic heterocycles. The van der Waals surface area contributed by atoms with E-state index in [0.29, 0.717) is 5.69 Å². The van der Waals surface area contributed by atoms with E-state index in [-0.39, 0.29) is 11.9 Å². The van der Waals surface area contributed by atoms with Crippen molar-refractivity contribution in [3.05, 3.63) is 42.1 Å². The number of aromatic nitrogens is 1. The van der Waals surface area contributed by atoms with Gasteiger partial charge in [0.15, 0.2) is 0 Å². The van der Waals surface area contributed by atoms with E-state index in [2.05, 4.69) is 15.3 Å². The molecule has 1 saturated heterocycles. The standard InChI is InChI=1S/C17H21N5O/c18-16(21-12-5-3-9-20-10-12)15(17(19)23)14-8-7-11-4-1-2-6-13(11)22-14/h1-2,4,6-8,12,15,20H,3,5,9-10H2,(H2,18,21)(H2,19,23). The Bertz CT molecular complexity index is 737. The summed E-state index contributed by atoms with van der Waals surface area (Å²) in [5.41, 5.74) is 13.0. The molecular formula is C17H21N5O. The molecule has 0 radical (unpaired) electrons. The van der Waals surface area contributed by atoms with Gasteiger partial charge in [-0.3, -0.25) is 14.8 Å². The van der Waals surface area contributed by atoms with Gasteiger partial charge in [-0.05, 0) is 31.5 Å². The Morgan fingerprint density at radius 3 is 2.83 bits per heavy atom. The number of para-hydroxylation sites is 1. The Kier molecular flexibility index (Phi) is 4.52. The summed E-state index contributed by atoms with van der Waals surface area (Å²) in [7, 11) is 0. The third-order valence-corrected chi connectivity index (χ3v) is 4.10. The van der Waals surface area contributed by atoms with Gasteiger partial charge in [-0.1, -0.05) is 24.3 Å². The van der Waals surface area contributed by atoms with Gasteiger partial charge in [0.2, 0.25) is 5.91 Å². The molecule has 1 fully saturated rings. The fourth-order valence-electron chi connectivity index (χ4n) is 2.91. The molecular weight excluding hydrogens is 290 g/mol. The molecule has 0 saturated carbocycles. The molecule has 3 rings (SSSR count).